The van der Waals surface area contributed by atoms with Crippen molar-refractivity contribution in [1.82, 2.24) is 24.5 Å². The standard InChI is InChI=1S/C21H18BrN5O2S/c1-26(21(16-8-3-2-4-9-16)19-12-5-6-13-20(19)22)30(28,29)18-11-7-10-17(14-18)27-15-23-24-25-27/h2-15,21H,1H3. The molecule has 0 aliphatic heterocycles. The zero-order chi connectivity index (χ0) is 21.1. The molecule has 4 rings (SSSR count). The molecule has 0 saturated heterocycles. The molecule has 7 nitrogen and oxygen atoms in total. The highest BCUT2D eigenvalue weighted by molar-refractivity contribution is 9.10. The minimum absolute atomic E-state index is 0.158. The number of benzene rings is 3. The predicted molar refractivity (Wildman–Crippen MR) is 117 cm³/mol. The SMILES string of the molecule is CN(C(c1ccccc1)c1ccccc1Br)S(=O)(=O)c1cccc(-n2cnnn2)c1. The van der Waals surface area contributed by atoms with Crippen molar-refractivity contribution in [3.05, 3.63) is 101 Å². The molecule has 0 spiro atoms. The minimum Gasteiger partial charge on any atom is -0.207 e. The first-order valence-corrected chi connectivity index (χ1v) is 11.3. The molecular weight excluding hydrogens is 466 g/mol. The summed E-state index contributed by atoms with van der Waals surface area (Å²) in [5.41, 5.74) is 2.28. The van der Waals surface area contributed by atoms with Gasteiger partial charge in [-0.3, -0.25) is 0 Å². The van der Waals surface area contributed by atoms with E-state index in [1.54, 1.807) is 31.3 Å². The average Bonchev–Trinajstić information content (AvgIpc) is 3.31. The highest BCUT2D eigenvalue weighted by Crippen LogP contribution is 2.35. The first-order valence-electron chi connectivity index (χ1n) is 9.09. The zero-order valence-corrected chi connectivity index (χ0v) is 18.4. The van der Waals surface area contributed by atoms with Gasteiger partial charge >= 0.3 is 0 Å². The van der Waals surface area contributed by atoms with E-state index in [9.17, 15) is 8.42 Å². The van der Waals surface area contributed by atoms with Crippen LogP contribution in [0.4, 0.5) is 0 Å². The lowest BCUT2D eigenvalue weighted by atomic mass is 9.99. The molecule has 0 aliphatic carbocycles. The van der Waals surface area contributed by atoms with E-state index in [0.29, 0.717) is 5.69 Å². The van der Waals surface area contributed by atoms with Crippen LogP contribution in [0.5, 0.6) is 0 Å². The van der Waals surface area contributed by atoms with E-state index >= 15 is 0 Å². The molecule has 0 amide bonds. The number of tetrazole rings is 1. The van der Waals surface area contributed by atoms with Crippen LogP contribution in [-0.4, -0.2) is 40.0 Å². The van der Waals surface area contributed by atoms with Crippen LogP contribution in [0.15, 0.2) is 94.6 Å². The van der Waals surface area contributed by atoms with Gasteiger partial charge in [-0.05, 0) is 45.8 Å². The molecule has 0 aliphatic rings. The Labute approximate surface area is 183 Å². The van der Waals surface area contributed by atoms with Crippen LogP contribution >= 0.6 is 15.9 Å². The number of rotatable bonds is 6. The third kappa shape index (κ3) is 3.91. The third-order valence-electron chi connectivity index (χ3n) is 4.79. The summed E-state index contributed by atoms with van der Waals surface area (Å²) in [6.45, 7) is 0. The fourth-order valence-corrected chi connectivity index (χ4v) is 5.16. The molecule has 152 valence electrons. The molecule has 9 heteroatoms. The molecule has 0 N–H and O–H groups in total. The Kier molecular flexibility index (Phi) is 5.76. The Bertz CT molecular complexity index is 1250. The van der Waals surface area contributed by atoms with Gasteiger partial charge in [0.2, 0.25) is 10.0 Å². The molecule has 1 atom stereocenters. The summed E-state index contributed by atoms with van der Waals surface area (Å²) >= 11 is 3.58. The first-order chi connectivity index (χ1) is 14.5. The van der Waals surface area contributed by atoms with Crippen LogP contribution in [0.1, 0.15) is 17.2 Å². The number of halogens is 1. The lowest BCUT2D eigenvalue weighted by molar-refractivity contribution is 0.417. The number of aromatic nitrogens is 4. The van der Waals surface area contributed by atoms with Crippen molar-refractivity contribution in [2.75, 3.05) is 7.05 Å². The van der Waals surface area contributed by atoms with E-state index in [1.807, 2.05) is 54.6 Å². The summed E-state index contributed by atoms with van der Waals surface area (Å²) in [7, 11) is -2.24. The van der Waals surface area contributed by atoms with Gasteiger partial charge in [-0.15, -0.1) is 5.10 Å². The fraction of sp³-hybridized carbons (Fsp3) is 0.0952. The zero-order valence-electron chi connectivity index (χ0n) is 16.0. The summed E-state index contributed by atoms with van der Waals surface area (Å²) in [6.07, 6.45) is 1.42. The van der Waals surface area contributed by atoms with Crippen LogP contribution in [-0.2, 0) is 10.0 Å². The highest BCUT2D eigenvalue weighted by Gasteiger charge is 2.31. The molecule has 0 radical (unpaired) electrons. The minimum atomic E-state index is -3.83. The smallest absolute Gasteiger partial charge is 0.207 e. The maximum atomic E-state index is 13.6. The highest BCUT2D eigenvalue weighted by atomic mass is 79.9. The Hall–Kier alpha value is -2.88. The largest absolute Gasteiger partial charge is 0.243 e. The third-order valence-corrected chi connectivity index (χ3v) is 7.33. The van der Waals surface area contributed by atoms with Crippen molar-refractivity contribution in [3.63, 3.8) is 0 Å². The monoisotopic (exact) mass is 483 g/mol. The van der Waals surface area contributed by atoms with Gasteiger partial charge in [-0.2, -0.15) is 4.31 Å². The molecule has 0 fully saturated rings. The Morgan fingerprint density at radius 1 is 0.967 bits per heavy atom. The van der Waals surface area contributed by atoms with E-state index in [0.717, 1.165) is 15.6 Å². The van der Waals surface area contributed by atoms with Gasteiger partial charge in [-0.25, -0.2) is 13.1 Å². The summed E-state index contributed by atoms with van der Waals surface area (Å²) in [5, 5.41) is 11.1. The van der Waals surface area contributed by atoms with Crippen molar-refractivity contribution in [3.8, 4) is 5.69 Å². The average molecular weight is 484 g/mol. The molecule has 3 aromatic carbocycles. The van der Waals surface area contributed by atoms with Gasteiger partial charge < -0.3 is 0 Å². The van der Waals surface area contributed by atoms with Crippen molar-refractivity contribution >= 4 is 26.0 Å². The van der Waals surface area contributed by atoms with Crippen LogP contribution in [0.2, 0.25) is 0 Å². The van der Waals surface area contributed by atoms with Gasteiger partial charge in [0, 0.05) is 11.5 Å². The van der Waals surface area contributed by atoms with Crippen molar-refractivity contribution < 1.29 is 8.42 Å². The van der Waals surface area contributed by atoms with Gasteiger partial charge in [0.05, 0.1) is 16.6 Å². The number of nitrogens with zero attached hydrogens (tertiary/aromatic N) is 5. The van der Waals surface area contributed by atoms with Gasteiger partial charge in [-0.1, -0.05) is 70.5 Å². The van der Waals surface area contributed by atoms with E-state index in [2.05, 4.69) is 31.5 Å². The summed E-state index contributed by atoms with van der Waals surface area (Å²) in [5.74, 6) is 0. The van der Waals surface area contributed by atoms with E-state index in [1.165, 1.54) is 15.3 Å². The van der Waals surface area contributed by atoms with E-state index in [4.69, 9.17) is 0 Å². The molecule has 4 aromatic rings. The molecule has 1 heterocycles. The molecule has 0 saturated carbocycles. The number of hydrogen-bond acceptors (Lipinski definition) is 5. The Morgan fingerprint density at radius 3 is 2.40 bits per heavy atom. The van der Waals surface area contributed by atoms with Gasteiger partial charge in [0.15, 0.2) is 0 Å². The summed E-state index contributed by atoms with van der Waals surface area (Å²) in [4.78, 5) is 0.158. The lowest BCUT2D eigenvalue weighted by Gasteiger charge is -2.29. The maximum absolute atomic E-state index is 13.6. The van der Waals surface area contributed by atoms with E-state index in [-0.39, 0.29) is 4.90 Å². The quantitative estimate of drug-likeness (QED) is 0.416. The molecule has 30 heavy (non-hydrogen) atoms. The summed E-state index contributed by atoms with van der Waals surface area (Å²) in [6, 6.07) is 23.2. The molecule has 0 bridgehead atoms. The lowest BCUT2D eigenvalue weighted by Crippen LogP contribution is -2.32. The van der Waals surface area contributed by atoms with Crippen LogP contribution in [0.25, 0.3) is 5.69 Å². The predicted octanol–water partition coefficient (Wildman–Crippen LogP) is 3.83. The van der Waals surface area contributed by atoms with Gasteiger partial charge in [0.1, 0.15) is 6.33 Å². The summed E-state index contributed by atoms with van der Waals surface area (Å²) < 4.78 is 30.9. The molecule has 1 unspecified atom stereocenters. The second kappa shape index (κ2) is 8.47. The van der Waals surface area contributed by atoms with Crippen LogP contribution in [0, 0.1) is 0 Å². The number of sulfonamides is 1. The molecule has 1 aromatic heterocycles. The van der Waals surface area contributed by atoms with Crippen molar-refractivity contribution in [2.45, 2.75) is 10.9 Å². The molecular formula is C21H18BrN5O2S. The Balaban J connectivity index is 1.81. The van der Waals surface area contributed by atoms with Crippen LogP contribution in [0.3, 0.4) is 0 Å². The normalized spacial score (nSPS) is 12.8. The van der Waals surface area contributed by atoms with Crippen molar-refractivity contribution in [1.29, 1.82) is 0 Å². The Morgan fingerprint density at radius 2 is 1.70 bits per heavy atom. The maximum Gasteiger partial charge on any atom is 0.243 e. The topological polar surface area (TPSA) is 81.0 Å². The first kappa shape index (κ1) is 20.4. The van der Waals surface area contributed by atoms with Gasteiger partial charge in [0.25, 0.3) is 0 Å². The fourth-order valence-electron chi connectivity index (χ4n) is 3.29. The second-order valence-corrected chi connectivity index (χ2v) is 9.46. The van der Waals surface area contributed by atoms with Crippen molar-refractivity contribution in [2.24, 2.45) is 0 Å². The van der Waals surface area contributed by atoms with E-state index < -0.39 is 16.1 Å². The second-order valence-electron chi connectivity index (χ2n) is 6.61. The van der Waals surface area contributed by atoms with Crippen LogP contribution < -0.4 is 0 Å². The number of hydrogen-bond donors (Lipinski definition) is 0.